The fraction of sp³-hybridized carbons (Fsp3) is 0.231. The summed E-state index contributed by atoms with van der Waals surface area (Å²) in [7, 11) is 0. The van der Waals surface area contributed by atoms with Gasteiger partial charge < -0.3 is 10.1 Å². The molecule has 1 aromatic carbocycles. The number of aromatic nitrogens is 2. The zero-order chi connectivity index (χ0) is 14.4. The molecule has 2 aromatic rings. The molecular formula is C13H14N4O3. The highest BCUT2D eigenvalue weighted by atomic mass is 16.6. The summed E-state index contributed by atoms with van der Waals surface area (Å²) in [6, 6.07) is 8.13. The van der Waals surface area contributed by atoms with Gasteiger partial charge in [0.15, 0.2) is 0 Å². The molecule has 0 saturated carbocycles. The van der Waals surface area contributed by atoms with Gasteiger partial charge in [0, 0.05) is 24.7 Å². The van der Waals surface area contributed by atoms with Crippen molar-refractivity contribution in [2.75, 3.05) is 11.9 Å². The number of non-ortho nitro benzene ring substituents is 1. The highest BCUT2D eigenvalue weighted by Crippen LogP contribution is 2.15. The number of hydrogen-bond donors (Lipinski definition) is 1. The lowest BCUT2D eigenvalue weighted by molar-refractivity contribution is -0.384. The van der Waals surface area contributed by atoms with Crippen LogP contribution in [0.3, 0.4) is 0 Å². The van der Waals surface area contributed by atoms with Crippen LogP contribution in [0.25, 0.3) is 0 Å². The standard InChI is InChI=1S/C13H14N4O3/c1-2-20-13-7-12(15-9-16-13)14-8-10-4-3-5-11(6-10)17(18)19/h3-7,9H,2,8H2,1H3,(H,14,15,16). The van der Waals surface area contributed by atoms with Crippen molar-refractivity contribution in [3.05, 3.63) is 52.3 Å². The fourth-order valence-corrected chi connectivity index (χ4v) is 1.64. The molecule has 0 amide bonds. The largest absolute Gasteiger partial charge is 0.478 e. The van der Waals surface area contributed by atoms with E-state index < -0.39 is 4.92 Å². The van der Waals surface area contributed by atoms with E-state index in [-0.39, 0.29) is 5.69 Å². The van der Waals surface area contributed by atoms with Crippen molar-refractivity contribution < 1.29 is 9.66 Å². The minimum absolute atomic E-state index is 0.0713. The number of ether oxygens (including phenoxy) is 1. The number of rotatable bonds is 6. The first-order chi connectivity index (χ1) is 9.69. The minimum Gasteiger partial charge on any atom is -0.478 e. The summed E-state index contributed by atoms with van der Waals surface area (Å²) in [4.78, 5) is 18.3. The Kier molecular flexibility index (Phi) is 4.43. The van der Waals surface area contributed by atoms with Crippen LogP contribution in [0, 0.1) is 10.1 Å². The van der Waals surface area contributed by atoms with E-state index in [9.17, 15) is 10.1 Å². The summed E-state index contributed by atoms with van der Waals surface area (Å²) in [6.07, 6.45) is 1.40. The molecule has 0 aliphatic rings. The summed E-state index contributed by atoms with van der Waals surface area (Å²) in [5, 5.41) is 13.8. The van der Waals surface area contributed by atoms with Gasteiger partial charge in [0.25, 0.3) is 5.69 Å². The van der Waals surface area contributed by atoms with Crippen LogP contribution in [0.4, 0.5) is 11.5 Å². The van der Waals surface area contributed by atoms with E-state index in [0.717, 1.165) is 5.56 Å². The van der Waals surface area contributed by atoms with E-state index in [2.05, 4.69) is 15.3 Å². The van der Waals surface area contributed by atoms with Gasteiger partial charge in [-0.05, 0) is 12.5 Å². The van der Waals surface area contributed by atoms with Gasteiger partial charge in [0.1, 0.15) is 12.1 Å². The predicted octanol–water partition coefficient (Wildman–Crippen LogP) is 2.40. The van der Waals surface area contributed by atoms with Crippen molar-refractivity contribution >= 4 is 11.5 Å². The predicted molar refractivity (Wildman–Crippen MR) is 73.6 cm³/mol. The van der Waals surface area contributed by atoms with Crippen LogP contribution in [0.15, 0.2) is 36.7 Å². The number of anilines is 1. The third-order valence-corrected chi connectivity index (χ3v) is 2.53. The molecule has 1 heterocycles. The van der Waals surface area contributed by atoms with Gasteiger partial charge in [-0.1, -0.05) is 12.1 Å². The molecule has 0 spiro atoms. The second kappa shape index (κ2) is 6.46. The Bertz CT molecular complexity index is 604. The van der Waals surface area contributed by atoms with E-state index in [4.69, 9.17) is 4.74 Å². The Balaban J connectivity index is 2.03. The van der Waals surface area contributed by atoms with Gasteiger partial charge in [0.05, 0.1) is 11.5 Å². The molecule has 7 nitrogen and oxygen atoms in total. The van der Waals surface area contributed by atoms with Crippen LogP contribution in [-0.2, 0) is 6.54 Å². The van der Waals surface area contributed by atoms with E-state index in [1.165, 1.54) is 18.5 Å². The number of benzene rings is 1. The van der Waals surface area contributed by atoms with E-state index in [1.54, 1.807) is 12.1 Å². The average molecular weight is 274 g/mol. The maximum absolute atomic E-state index is 10.7. The number of nitro groups is 1. The maximum atomic E-state index is 10.7. The molecule has 0 fully saturated rings. The van der Waals surface area contributed by atoms with Gasteiger partial charge in [-0.15, -0.1) is 0 Å². The average Bonchev–Trinajstić information content (AvgIpc) is 2.46. The summed E-state index contributed by atoms with van der Waals surface area (Å²) in [6.45, 7) is 2.84. The third-order valence-electron chi connectivity index (χ3n) is 2.53. The van der Waals surface area contributed by atoms with Crippen LogP contribution in [0.2, 0.25) is 0 Å². The van der Waals surface area contributed by atoms with Gasteiger partial charge in [-0.2, -0.15) is 0 Å². The Morgan fingerprint density at radius 1 is 1.35 bits per heavy atom. The molecule has 0 aliphatic carbocycles. The fourth-order valence-electron chi connectivity index (χ4n) is 1.64. The van der Waals surface area contributed by atoms with Gasteiger partial charge in [0.2, 0.25) is 5.88 Å². The van der Waals surface area contributed by atoms with Crippen molar-refractivity contribution in [1.29, 1.82) is 0 Å². The molecular weight excluding hydrogens is 260 g/mol. The number of nitro benzene ring substituents is 1. The molecule has 0 unspecified atom stereocenters. The quantitative estimate of drug-likeness (QED) is 0.642. The monoisotopic (exact) mass is 274 g/mol. The smallest absolute Gasteiger partial charge is 0.269 e. The first kappa shape index (κ1) is 13.7. The van der Waals surface area contributed by atoms with Crippen LogP contribution in [0.5, 0.6) is 5.88 Å². The number of hydrogen-bond acceptors (Lipinski definition) is 6. The SMILES string of the molecule is CCOc1cc(NCc2cccc([N+](=O)[O-])c2)ncn1. The molecule has 1 N–H and O–H groups in total. The topological polar surface area (TPSA) is 90.2 Å². The third kappa shape index (κ3) is 3.64. The molecule has 104 valence electrons. The normalized spacial score (nSPS) is 10.1. The van der Waals surface area contributed by atoms with E-state index in [1.807, 2.05) is 13.0 Å². The Morgan fingerprint density at radius 3 is 2.95 bits per heavy atom. The molecule has 0 radical (unpaired) electrons. The molecule has 20 heavy (non-hydrogen) atoms. The maximum Gasteiger partial charge on any atom is 0.269 e. The van der Waals surface area contributed by atoms with Crippen molar-refractivity contribution in [1.82, 2.24) is 9.97 Å². The zero-order valence-corrected chi connectivity index (χ0v) is 10.9. The Morgan fingerprint density at radius 2 is 2.20 bits per heavy atom. The second-order valence-corrected chi connectivity index (χ2v) is 3.96. The highest BCUT2D eigenvalue weighted by Gasteiger charge is 2.06. The van der Waals surface area contributed by atoms with E-state index in [0.29, 0.717) is 24.8 Å². The summed E-state index contributed by atoms with van der Waals surface area (Å²) < 4.78 is 5.27. The molecule has 7 heteroatoms. The molecule has 0 aliphatic heterocycles. The highest BCUT2D eigenvalue weighted by molar-refractivity contribution is 5.40. The summed E-state index contributed by atoms with van der Waals surface area (Å²) in [5.74, 6) is 1.10. The first-order valence-corrected chi connectivity index (χ1v) is 6.11. The molecule has 0 bridgehead atoms. The molecule has 2 rings (SSSR count). The van der Waals surface area contributed by atoms with Crippen LogP contribution >= 0.6 is 0 Å². The Labute approximate surface area is 115 Å². The number of nitrogens with one attached hydrogen (secondary N) is 1. The lowest BCUT2D eigenvalue weighted by Crippen LogP contribution is -2.03. The van der Waals surface area contributed by atoms with Crippen molar-refractivity contribution in [2.24, 2.45) is 0 Å². The van der Waals surface area contributed by atoms with E-state index >= 15 is 0 Å². The summed E-state index contributed by atoms with van der Waals surface area (Å²) >= 11 is 0. The van der Waals surface area contributed by atoms with Crippen LogP contribution in [-0.4, -0.2) is 21.5 Å². The van der Waals surface area contributed by atoms with Crippen molar-refractivity contribution in [2.45, 2.75) is 13.5 Å². The second-order valence-electron chi connectivity index (χ2n) is 3.96. The van der Waals surface area contributed by atoms with Gasteiger partial charge >= 0.3 is 0 Å². The van der Waals surface area contributed by atoms with Gasteiger partial charge in [-0.25, -0.2) is 9.97 Å². The van der Waals surface area contributed by atoms with Crippen molar-refractivity contribution in [3.8, 4) is 5.88 Å². The number of nitrogens with zero attached hydrogens (tertiary/aromatic N) is 3. The molecule has 0 saturated heterocycles. The lowest BCUT2D eigenvalue weighted by atomic mass is 10.2. The summed E-state index contributed by atoms with van der Waals surface area (Å²) in [5.41, 5.74) is 0.873. The van der Waals surface area contributed by atoms with Crippen LogP contribution < -0.4 is 10.1 Å². The zero-order valence-electron chi connectivity index (χ0n) is 10.9. The van der Waals surface area contributed by atoms with Crippen LogP contribution in [0.1, 0.15) is 12.5 Å². The molecule has 0 atom stereocenters. The van der Waals surface area contributed by atoms with Crippen molar-refractivity contribution in [3.63, 3.8) is 0 Å². The van der Waals surface area contributed by atoms with Gasteiger partial charge in [-0.3, -0.25) is 10.1 Å². The minimum atomic E-state index is -0.415. The lowest BCUT2D eigenvalue weighted by Gasteiger charge is -2.07. The molecule has 1 aromatic heterocycles. The first-order valence-electron chi connectivity index (χ1n) is 6.11. The Hall–Kier alpha value is -2.70.